The molecule has 4 nitrogen and oxygen atoms in total. The zero-order valence-corrected chi connectivity index (χ0v) is 29.7. The fourth-order valence-corrected chi connectivity index (χ4v) is 8.90. The second-order valence-electron chi connectivity index (χ2n) is 13.5. The van der Waals surface area contributed by atoms with Crippen LogP contribution in [0.1, 0.15) is 0 Å². The molecular formula is C49H29N3OS. The van der Waals surface area contributed by atoms with Crippen LogP contribution in [0.4, 0.5) is 0 Å². The molecule has 11 aromatic rings. The average molecular weight is 708 g/mol. The molecule has 0 atom stereocenters. The highest BCUT2D eigenvalue weighted by Gasteiger charge is 2.23. The van der Waals surface area contributed by atoms with Crippen LogP contribution < -0.4 is 0 Å². The van der Waals surface area contributed by atoms with Crippen molar-refractivity contribution in [2.75, 3.05) is 0 Å². The molecule has 0 bridgehead atoms. The van der Waals surface area contributed by atoms with Crippen molar-refractivity contribution < 1.29 is 4.42 Å². The van der Waals surface area contributed by atoms with Crippen molar-refractivity contribution >= 4 is 64.2 Å². The molecule has 8 aromatic carbocycles. The summed E-state index contributed by atoms with van der Waals surface area (Å²) < 4.78 is 9.74. The van der Waals surface area contributed by atoms with Gasteiger partial charge in [-0.3, -0.25) is 0 Å². The third-order valence-electron chi connectivity index (χ3n) is 10.4. The first-order valence-electron chi connectivity index (χ1n) is 18.0. The molecule has 0 unspecified atom stereocenters. The largest absolute Gasteiger partial charge is 0.455 e. The van der Waals surface area contributed by atoms with Crippen LogP contribution in [0.2, 0.25) is 0 Å². The summed E-state index contributed by atoms with van der Waals surface area (Å²) in [5, 5.41) is 6.86. The number of para-hydroxylation sites is 1. The van der Waals surface area contributed by atoms with Crippen LogP contribution in [0.25, 0.3) is 109 Å². The minimum Gasteiger partial charge on any atom is -0.455 e. The molecule has 54 heavy (non-hydrogen) atoms. The predicted octanol–water partition coefficient (Wildman–Crippen LogP) is 13.6. The summed E-state index contributed by atoms with van der Waals surface area (Å²) in [5.41, 5.74) is 8.67. The molecule has 0 N–H and O–H groups in total. The summed E-state index contributed by atoms with van der Waals surface area (Å²) in [5.74, 6) is 1.84. The van der Waals surface area contributed by atoms with Gasteiger partial charge < -0.3 is 4.42 Å². The molecule has 0 amide bonds. The van der Waals surface area contributed by atoms with Crippen molar-refractivity contribution in [3.05, 3.63) is 176 Å². The van der Waals surface area contributed by atoms with Gasteiger partial charge in [0, 0.05) is 58.8 Å². The van der Waals surface area contributed by atoms with E-state index in [9.17, 15) is 0 Å². The van der Waals surface area contributed by atoms with Gasteiger partial charge in [-0.05, 0) is 52.2 Å². The summed E-state index contributed by atoms with van der Waals surface area (Å²) in [6.45, 7) is 0. The highest BCUT2D eigenvalue weighted by Crippen LogP contribution is 2.46. The van der Waals surface area contributed by atoms with Gasteiger partial charge in [-0.1, -0.05) is 146 Å². The maximum Gasteiger partial charge on any atom is 0.164 e. The maximum absolute atomic E-state index is 7.18. The molecule has 11 rings (SSSR count). The number of hydrogen-bond donors (Lipinski definition) is 0. The Morgan fingerprint density at radius 2 is 0.944 bits per heavy atom. The van der Waals surface area contributed by atoms with Crippen LogP contribution in [0.15, 0.2) is 180 Å². The van der Waals surface area contributed by atoms with Gasteiger partial charge in [0.2, 0.25) is 0 Å². The number of thiophene rings is 1. The quantitative estimate of drug-likeness (QED) is 0.179. The van der Waals surface area contributed by atoms with Crippen molar-refractivity contribution in [1.29, 1.82) is 0 Å². The second-order valence-corrected chi connectivity index (χ2v) is 14.6. The molecule has 0 aliphatic heterocycles. The molecule has 0 fully saturated rings. The van der Waals surface area contributed by atoms with Crippen LogP contribution in [0.3, 0.4) is 0 Å². The van der Waals surface area contributed by atoms with Crippen LogP contribution >= 0.6 is 11.3 Å². The first-order chi connectivity index (χ1) is 26.8. The Bertz CT molecular complexity index is 3160. The Morgan fingerprint density at radius 3 is 1.74 bits per heavy atom. The monoisotopic (exact) mass is 707 g/mol. The van der Waals surface area contributed by atoms with E-state index in [1.165, 1.54) is 30.9 Å². The molecule has 5 heteroatoms. The lowest BCUT2D eigenvalue weighted by molar-refractivity contribution is 0.671. The Labute approximate surface area is 314 Å². The zero-order chi connectivity index (χ0) is 35.6. The molecule has 0 saturated carbocycles. The van der Waals surface area contributed by atoms with Gasteiger partial charge in [0.25, 0.3) is 0 Å². The average Bonchev–Trinajstić information content (AvgIpc) is 3.83. The van der Waals surface area contributed by atoms with Crippen molar-refractivity contribution in [3.8, 4) is 56.4 Å². The third kappa shape index (κ3) is 4.94. The highest BCUT2D eigenvalue weighted by molar-refractivity contribution is 7.25. The Kier molecular flexibility index (Phi) is 7.00. The van der Waals surface area contributed by atoms with Gasteiger partial charge in [0.1, 0.15) is 11.2 Å². The molecule has 0 aliphatic rings. The number of aromatic nitrogens is 3. The molecule has 252 valence electrons. The highest BCUT2D eigenvalue weighted by atomic mass is 32.1. The number of nitrogens with zero attached hydrogens (tertiary/aromatic N) is 3. The van der Waals surface area contributed by atoms with Crippen molar-refractivity contribution in [2.45, 2.75) is 0 Å². The maximum atomic E-state index is 7.18. The number of furan rings is 1. The Balaban J connectivity index is 1.22. The number of hydrogen-bond acceptors (Lipinski definition) is 5. The molecule has 0 saturated heterocycles. The molecule has 3 heterocycles. The summed E-state index contributed by atoms with van der Waals surface area (Å²) in [7, 11) is 0. The second kappa shape index (κ2) is 12.3. The van der Waals surface area contributed by atoms with Crippen LogP contribution in [0, 0.1) is 0 Å². The first kappa shape index (κ1) is 30.7. The third-order valence-corrected chi connectivity index (χ3v) is 11.5. The van der Waals surface area contributed by atoms with E-state index in [0.717, 1.165) is 60.9 Å². The lowest BCUT2D eigenvalue weighted by Gasteiger charge is -2.12. The van der Waals surface area contributed by atoms with Gasteiger partial charge in [-0.2, -0.15) is 0 Å². The van der Waals surface area contributed by atoms with Crippen LogP contribution in [-0.2, 0) is 0 Å². The lowest BCUT2D eigenvalue weighted by Crippen LogP contribution is -2.00. The smallest absolute Gasteiger partial charge is 0.164 e. The van der Waals surface area contributed by atoms with E-state index in [1.807, 2.05) is 72.0 Å². The fourth-order valence-electron chi connectivity index (χ4n) is 7.81. The lowest BCUT2D eigenvalue weighted by atomic mass is 9.94. The Morgan fingerprint density at radius 1 is 0.352 bits per heavy atom. The van der Waals surface area contributed by atoms with Crippen LogP contribution in [0.5, 0.6) is 0 Å². The van der Waals surface area contributed by atoms with E-state index in [2.05, 4.69) is 115 Å². The molecule has 0 radical (unpaired) electrons. The van der Waals surface area contributed by atoms with E-state index < -0.39 is 0 Å². The molecule has 0 aliphatic carbocycles. The number of benzene rings is 8. The van der Waals surface area contributed by atoms with E-state index in [-0.39, 0.29) is 0 Å². The standard InChI is InChI=1S/C49H29N3OS/c1-3-14-31(15-4-1)47-50-48(32-16-5-2-6-17-32)52-49(51-47)40-27-26-38(36-22-11-18-30-13-7-8-19-34(30)36)46-44(40)39-23-12-21-35(45(39)53-46)33-25-28-43-41(29-33)37-20-9-10-24-42(37)54-43/h1-29H. The van der Waals surface area contributed by atoms with E-state index >= 15 is 0 Å². The molecule has 3 aromatic heterocycles. The van der Waals surface area contributed by atoms with Gasteiger partial charge in [0.05, 0.1) is 0 Å². The predicted molar refractivity (Wildman–Crippen MR) is 225 cm³/mol. The minimum absolute atomic E-state index is 0.594. The summed E-state index contributed by atoms with van der Waals surface area (Å²) in [4.78, 5) is 15.3. The summed E-state index contributed by atoms with van der Waals surface area (Å²) >= 11 is 1.83. The molecular weight excluding hydrogens is 679 g/mol. The van der Waals surface area contributed by atoms with Gasteiger partial charge in [0.15, 0.2) is 17.5 Å². The summed E-state index contributed by atoms with van der Waals surface area (Å²) in [6, 6.07) is 61.4. The number of fused-ring (bicyclic) bond motifs is 7. The van der Waals surface area contributed by atoms with Crippen molar-refractivity contribution in [1.82, 2.24) is 15.0 Å². The van der Waals surface area contributed by atoms with Crippen LogP contribution in [-0.4, -0.2) is 15.0 Å². The first-order valence-corrected chi connectivity index (χ1v) is 18.8. The topological polar surface area (TPSA) is 51.8 Å². The minimum atomic E-state index is 0.594. The van der Waals surface area contributed by atoms with E-state index in [0.29, 0.717) is 17.5 Å². The SMILES string of the molecule is c1ccc(-c2nc(-c3ccccc3)nc(-c3ccc(-c4cccc5ccccc45)c4oc5c(-c6ccc7sc8ccccc8c7c6)cccc5c34)n2)cc1. The molecule has 0 spiro atoms. The van der Waals surface area contributed by atoms with E-state index in [4.69, 9.17) is 19.4 Å². The van der Waals surface area contributed by atoms with Gasteiger partial charge in [-0.25, -0.2) is 15.0 Å². The van der Waals surface area contributed by atoms with Gasteiger partial charge in [-0.15, -0.1) is 11.3 Å². The normalized spacial score (nSPS) is 11.7. The van der Waals surface area contributed by atoms with Gasteiger partial charge >= 0.3 is 0 Å². The van der Waals surface area contributed by atoms with Crippen molar-refractivity contribution in [2.24, 2.45) is 0 Å². The van der Waals surface area contributed by atoms with Crippen molar-refractivity contribution in [3.63, 3.8) is 0 Å². The Hall–Kier alpha value is -6.95. The van der Waals surface area contributed by atoms with E-state index in [1.54, 1.807) is 0 Å². The summed E-state index contributed by atoms with van der Waals surface area (Å²) in [6.07, 6.45) is 0. The fraction of sp³-hybridized carbons (Fsp3) is 0. The number of rotatable bonds is 5. The zero-order valence-electron chi connectivity index (χ0n) is 28.9.